The number of fused-ring (bicyclic) bond motifs is 1. The summed E-state index contributed by atoms with van der Waals surface area (Å²) >= 11 is 0. The Morgan fingerprint density at radius 3 is 2.93 bits per heavy atom. The number of anilines is 1. The molecule has 0 spiro atoms. The molecule has 2 aromatic heterocycles. The fourth-order valence-corrected chi connectivity index (χ4v) is 3.79. The summed E-state index contributed by atoms with van der Waals surface area (Å²) in [6.07, 6.45) is 8.11. The molecule has 1 aliphatic rings. The molecular formula is C22H23F2N5O. The minimum Gasteiger partial charge on any atom is -0.350 e. The highest BCUT2D eigenvalue weighted by molar-refractivity contribution is 5.92. The zero-order valence-corrected chi connectivity index (χ0v) is 16.8. The highest BCUT2D eigenvalue weighted by Crippen LogP contribution is 2.36. The maximum atomic E-state index is 14.4. The first-order valence-corrected chi connectivity index (χ1v) is 9.97. The molecule has 1 saturated heterocycles. The Labute approximate surface area is 173 Å². The average molecular weight is 411 g/mol. The number of nitrogens with one attached hydrogen (secondary N) is 1. The van der Waals surface area contributed by atoms with Gasteiger partial charge in [-0.25, -0.2) is 18.3 Å². The second-order valence-electron chi connectivity index (χ2n) is 7.67. The maximum absolute atomic E-state index is 14.4. The highest BCUT2D eigenvalue weighted by atomic mass is 19.1. The van der Waals surface area contributed by atoms with E-state index in [4.69, 9.17) is 4.98 Å². The number of carbonyl (C=O) groups is 1. The second-order valence-corrected chi connectivity index (χ2v) is 7.67. The molecule has 0 aliphatic carbocycles. The summed E-state index contributed by atoms with van der Waals surface area (Å²) in [5, 5.41) is 7.07. The van der Waals surface area contributed by atoms with Gasteiger partial charge in [-0.2, -0.15) is 5.10 Å². The van der Waals surface area contributed by atoms with Gasteiger partial charge in [-0.3, -0.25) is 4.79 Å². The van der Waals surface area contributed by atoms with Gasteiger partial charge in [0.1, 0.15) is 17.5 Å². The van der Waals surface area contributed by atoms with E-state index in [1.54, 1.807) is 23.0 Å². The summed E-state index contributed by atoms with van der Waals surface area (Å²) in [6, 6.07) is 5.13. The lowest BCUT2D eigenvalue weighted by molar-refractivity contribution is -0.116. The van der Waals surface area contributed by atoms with Crippen LogP contribution < -0.4 is 10.2 Å². The summed E-state index contributed by atoms with van der Waals surface area (Å²) < 4.78 is 29.7. The number of amides is 1. The van der Waals surface area contributed by atoms with Gasteiger partial charge in [0.25, 0.3) is 0 Å². The number of halogens is 2. The van der Waals surface area contributed by atoms with E-state index in [0.29, 0.717) is 35.6 Å². The van der Waals surface area contributed by atoms with E-state index in [-0.39, 0.29) is 18.0 Å². The van der Waals surface area contributed by atoms with Crippen LogP contribution in [0, 0.1) is 11.6 Å². The van der Waals surface area contributed by atoms with Gasteiger partial charge in [0.05, 0.1) is 12.2 Å². The van der Waals surface area contributed by atoms with E-state index in [2.05, 4.69) is 10.4 Å². The van der Waals surface area contributed by atoms with Gasteiger partial charge >= 0.3 is 0 Å². The predicted molar refractivity (Wildman–Crippen MR) is 111 cm³/mol. The van der Waals surface area contributed by atoms with Crippen LogP contribution in [0.5, 0.6) is 0 Å². The largest absolute Gasteiger partial charge is 0.350 e. The molecule has 156 valence electrons. The van der Waals surface area contributed by atoms with Crippen molar-refractivity contribution < 1.29 is 13.6 Å². The van der Waals surface area contributed by atoms with Crippen LogP contribution in [0.25, 0.3) is 11.7 Å². The lowest BCUT2D eigenvalue weighted by Crippen LogP contribution is -2.28. The molecule has 1 fully saturated rings. The van der Waals surface area contributed by atoms with Crippen LogP contribution in [0.3, 0.4) is 0 Å². The van der Waals surface area contributed by atoms with E-state index in [9.17, 15) is 13.6 Å². The minimum atomic E-state index is -0.454. The molecule has 1 amide bonds. The van der Waals surface area contributed by atoms with Gasteiger partial charge in [-0.15, -0.1) is 0 Å². The molecule has 30 heavy (non-hydrogen) atoms. The van der Waals surface area contributed by atoms with Crippen molar-refractivity contribution in [2.75, 3.05) is 11.4 Å². The summed E-state index contributed by atoms with van der Waals surface area (Å²) in [5.74, 6) is -0.403. The first-order valence-electron chi connectivity index (χ1n) is 9.97. The summed E-state index contributed by atoms with van der Waals surface area (Å²) in [4.78, 5) is 18.6. The number of rotatable bonds is 5. The van der Waals surface area contributed by atoms with Crippen molar-refractivity contribution in [3.05, 3.63) is 65.5 Å². The molecule has 6 nitrogen and oxygen atoms in total. The fraction of sp³-hybridized carbons (Fsp3) is 0.318. The van der Waals surface area contributed by atoms with Gasteiger partial charge < -0.3 is 10.2 Å². The Bertz CT molecular complexity index is 1110. The van der Waals surface area contributed by atoms with Gasteiger partial charge in [0.2, 0.25) is 5.91 Å². The van der Waals surface area contributed by atoms with Crippen LogP contribution in [-0.4, -0.2) is 33.1 Å². The Balaban J connectivity index is 1.65. The van der Waals surface area contributed by atoms with Gasteiger partial charge in [0.15, 0.2) is 5.65 Å². The topological polar surface area (TPSA) is 62.5 Å². The third-order valence-corrected chi connectivity index (χ3v) is 5.09. The molecule has 1 atom stereocenters. The standard InChI is InChI=1S/C22H23F2N5O/c1-14(2)26-21(30)8-5-15-13-25-29-11-9-20(27-22(15)29)28-10-3-4-19(28)17-12-16(23)6-7-18(17)24/h5-9,11-14,19H,3-4,10H2,1-2H3,(H,26,30). The van der Waals surface area contributed by atoms with E-state index in [1.807, 2.05) is 24.8 Å². The quantitative estimate of drug-likeness (QED) is 0.647. The number of benzene rings is 1. The Morgan fingerprint density at radius 1 is 1.30 bits per heavy atom. The van der Waals surface area contributed by atoms with Gasteiger partial charge in [0, 0.05) is 36.0 Å². The second kappa shape index (κ2) is 8.22. The zero-order chi connectivity index (χ0) is 21.3. The number of hydrogen-bond donors (Lipinski definition) is 1. The van der Waals surface area contributed by atoms with Crippen molar-refractivity contribution in [3.8, 4) is 0 Å². The number of carbonyl (C=O) groups excluding carboxylic acids is 1. The minimum absolute atomic E-state index is 0.0473. The average Bonchev–Trinajstić information content (AvgIpc) is 3.34. The predicted octanol–water partition coefficient (Wildman–Crippen LogP) is 3.89. The maximum Gasteiger partial charge on any atom is 0.244 e. The zero-order valence-electron chi connectivity index (χ0n) is 16.8. The Kier molecular flexibility index (Phi) is 5.48. The van der Waals surface area contributed by atoms with Crippen LogP contribution in [0.4, 0.5) is 14.6 Å². The SMILES string of the molecule is CC(C)NC(=O)C=Cc1cnn2ccc(N3CCCC3c3cc(F)ccc3F)nc12. The molecule has 3 heterocycles. The highest BCUT2D eigenvalue weighted by Gasteiger charge is 2.29. The fourth-order valence-electron chi connectivity index (χ4n) is 3.79. The molecular weight excluding hydrogens is 388 g/mol. The van der Waals surface area contributed by atoms with Crippen molar-refractivity contribution in [2.45, 2.75) is 38.8 Å². The Hall–Kier alpha value is -3.29. The summed E-state index contributed by atoms with van der Waals surface area (Å²) in [5.41, 5.74) is 1.63. The molecule has 8 heteroatoms. The van der Waals surface area contributed by atoms with Crippen molar-refractivity contribution in [1.29, 1.82) is 0 Å². The summed E-state index contributed by atoms with van der Waals surface area (Å²) in [7, 11) is 0. The van der Waals surface area contributed by atoms with Gasteiger partial charge in [-0.05, 0) is 57.0 Å². The number of hydrogen-bond acceptors (Lipinski definition) is 4. The molecule has 1 aromatic carbocycles. The van der Waals surface area contributed by atoms with E-state index < -0.39 is 11.6 Å². The van der Waals surface area contributed by atoms with Crippen LogP contribution in [0.2, 0.25) is 0 Å². The molecule has 3 aromatic rings. The van der Waals surface area contributed by atoms with Crippen LogP contribution in [-0.2, 0) is 4.79 Å². The smallest absolute Gasteiger partial charge is 0.244 e. The van der Waals surface area contributed by atoms with Crippen LogP contribution >= 0.6 is 0 Å². The third-order valence-electron chi connectivity index (χ3n) is 5.09. The molecule has 1 N–H and O–H groups in total. The van der Waals surface area contributed by atoms with E-state index >= 15 is 0 Å². The molecule has 0 bridgehead atoms. The molecule has 4 rings (SSSR count). The normalized spacial score (nSPS) is 16.8. The van der Waals surface area contributed by atoms with Crippen molar-refractivity contribution in [1.82, 2.24) is 19.9 Å². The number of nitrogens with zero attached hydrogens (tertiary/aromatic N) is 4. The van der Waals surface area contributed by atoms with Gasteiger partial charge in [-0.1, -0.05) is 0 Å². The first-order chi connectivity index (χ1) is 14.4. The molecule has 1 aliphatic heterocycles. The van der Waals surface area contributed by atoms with Crippen molar-refractivity contribution >= 4 is 23.4 Å². The Morgan fingerprint density at radius 2 is 2.13 bits per heavy atom. The van der Waals surface area contributed by atoms with E-state index in [1.165, 1.54) is 18.2 Å². The third kappa shape index (κ3) is 4.03. The first kappa shape index (κ1) is 20.0. The monoisotopic (exact) mass is 411 g/mol. The van der Waals surface area contributed by atoms with E-state index in [0.717, 1.165) is 12.5 Å². The van der Waals surface area contributed by atoms with Crippen molar-refractivity contribution in [2.24, 2.45) is 0 Å². The molecule has 1 unspecified atom stereocenters. The number of aromatic nitrogens is 3. The molecule has 0 radical (unpaired) electrons. The lowest BCUT2D eigenvalue weighted by Gasteiger charge is -2.26. The lowest BCUT2D eigenvalue weighted by atomic mass is 10.0. The molecule has 0 saturated carbocycles. The summed E-state index contributed by atoms with van der Waals surface area (Å²) in [6.45, 7) is 4.48. The van der Waals surface area contributed by atoms with Crippen molar-refractivity contribution in [3.63, 3.8) is 0 Å². The van der Waals surface area contributed by atoms with Crippen LogP contribution in [0.15, 0.2) is 42.7 Å². The van der Waals surface area contributed by atoms with Crippen LogP contribution in [0.1, 0.15) is 43.9 Å².